The van der Waals surface area contributed by atoms with Crippen LogP contribution >= 0.6 is 0 Å². The Bertz CT molecular complexity index is 3280. The normalized spacial score (nSPS) is 13.8. The van der Waals surface area contributed by atoms with Gasteiger partial charge in [0.15, 0.2) is 0 Å². The number of alkyl halides is 3. The first-order valence-corrected chi connectivity index (χ1v) is 44.5. The first kappa shape index (κ1) is 108. The van der Waals surface area contributed by atoms with Crippen LogP contribution in [-0.2, 0) is 66.6 Å². The van der Waals surface area contributed by atoms with E-state index in [0.717, 1.165) is 74.2 Å². The summed E-state index contributed by atoms with van der Waals surface area (Å²) in [5.74, 6) is 5.50. The van der Waals surface area contributed by atoms with Gasteiger partial charge in [-0.15, -0.1) is 0 Å². The second-order valence-electron chi connectivity index (χ2n) is 33.1. The van der Waals surface area contributed by atoms with Gasteiger partial charge in [-0.3, -0.25) is 4.79 Å². The lowest BCUT2D eigenvalue weighted by Crippen LogP contribution is -2.22. The molecule has 0 bridgehead atoms. The molecule has 0 atom stereocenters. The highest BCUT2D eigenvalue weighted by molar-refractivity contribution is 5.72. The van der Waals surface area contributed by atoms with E-state index in [2.05, 4.69) is 134 Å². The minimum Gasteiger partial charge on any atom is -0.491 e. The van der Waals surface area contributed by atoms with Crippen molar-refractivity contribution in [2.45, 2.75) is 328 Å². The molecule has 0 aliphatic heterocycles. The second-order valence-corrected chi connectivity index (χ2v) is 33.1. The zero-order valence-electron chi connectivity index (χ0n) is 76.8. The molecule has 9 rings (SSSR count). The average Bonchev–Trinajstić information content (AvgIpc) is 0.825. The molecule has 14 nitrogen and oxygen atoms in total. The van der Waals surface area contributed by atoms with Crippen LogP contribution in [0.4, 0.5) is 13.2 Å². The molecule has 0 spiro atoms. The Hall–Kier alpha value is -6.54. The third-order valence-corrected chi connectivity index (χ3v) is 18.9. The van der Waals surface area contributed by atoms with Gasteiger partial charge in [0.2, 0.25) is 0 Å². The zero-order valence-corrected chi connectivity index (χ0v) is 76.8. The van der Waals surface area contributed by atoms with Crippen LogP contribution in [0.15, 0.2) is 152 Å². The number of aryl methyl sites for hydroxylation is 1. The topological polar surface area (TPSA) is 137 Å². The van der Waals surface area contributed by atoms with E-state index in [4.69, 9.17) is 61.6 Å². The van der Waals surface area contributed by atoms with Crippen LogP contribution in [0.5, 0.6) is 23.0 Å². The van der Waals surface area contributed by atoms with Gasteiger partial charge in [-0.2, -0.15) is 13.2 Å². The molecule has 3 fully saturated rings. The first-order valence-electron chi connectivity index (χ1n) is 44.5. The van der Waals surface area contributed by atoms with E-state index in [1.54, 1.807) is 13.0 Å². The van der Waals surface area contributed by atoms with Gasteiger partial charge in [-0.25, -0.2) is 0 Å². The van der Waals surface area contributed by atoms with Gasteiger partial charge in [0.25, 0.3) is 0 Å². The number of hydrogen-bond acceptors (Lipinski definition) is 14. The van der Waals surface area contributed by atoms with E-state index in [-0.39, 0.29) is 61.4 Å². The maximum Gasteiger partial charge on any atom is 0.419 e. The van der Waals surface area contributed by atoms with Crippen LogP contribution in [0, 0.1) is 18.8 Å². The Balaban J connectivity index is 0.000000461. The summed E-state index contributed by atoms with van der Waals surface area (Å²) in [5, 5.41) is 0. The number of hydrogen-bond donors (Lipinski definition) is 0. The third-order valence-electron chi connectivity index (χ3n) is 18.9. The van der Waals surface area contributed by atoms with Crippen LogP contribution < -0.4 is 18.9 Å². The largest absolute Gasteiger partial charge is 0.491 e. The molecular weight excluding hydrogens is 1490 g/mol. The van der Waals surface area contributed by atoms with Crippen molar-refractivity contribution in [2.75, 3.05) is 79.3 Å². The van der Waals surface area contributed by atoms with Crippen LogP contribution in [-0.4, -0.2) is 134 Å². The minimum atomic E-state index is -4.40. The summed E-state index contributed by atoms with van der Waals surface area (Å²) in [4.78, 5) is 11.6. The molecule has 6 aromatic rings. The lowest BCUT2D eigenvalue weighted by molar-refractivity contribution is -0.151. The Labute approximate surface area is 714 Å². The Morgan fingerprint density at radius 2 is 0.720 bits per heavy atom. The van der Waals surface area contributed by atoms with E-state index in [0.29, 0.717) is 88.6 Å². The summed E-state index contributed by atoms with van der Waals surface area (Å²) in [6.07, 6.45) is 18.3. The van der Waals surface area contributed by atoms with Gasteiger partial charge in [-0.05, 0) is 250 Å². The molecule has 0 saturated heterocycles. The highest BCUT2D eigenvalue weighted by Gasteiger charge is 2.35. The SMILES string of the molecule is CC(C)OCC1CCCCC1.CC(C)OCCOC(=O)C1CCCCC1.CC(C)OCCOc1c(C(C)C)cccc1C(C)C.CC(C)OCCOc1ccc(C2CCCCC2)cc1.CC(C)OCCOc1ccccc1.CC(C)OCCc1ccccc1.CC(C)OCc1ccccc1.Cc1cccc(C(F)(F)F)c1OCCOC(C)C. The van der Waals surface area contributed by atoms with Crippen molar-refractivity contribution in [2.24, 2.45) is 11.8 Å². The molecule has 0 N–H and O–H groups in total. The number of carbonyl (C=O) groups excluding carboxylic acids is 1. The number of esters is 1. The van der Waals surface area contributed by atoms with E-state index in [1.807, 2.05) is 138 Å². The minimum absolute atomic E-state index is 0.0259. The standard InChI is InChI=1S/C17H26O2.C17H28O2.C13H17F3O2.C12H22O3.C11H16O2.C11H16O.C10H20O.C10H14O/c1-14(2)18-12-13-19-17-10-8-16(9-11-17)15-6-4-3-5-7-15;1-12(2)15-8-7-9-16(13(3)4)17(15)19-11-10-18-14(5)6;1-9(2)17-7-8-18-12-10(3)5-4-6-11(12)13(14,15)16;1-10(2)14-8-9-15-12(13)11-6-4-3-5-7-11;1-10(2)12-8-9-13-11-6-4-3-5-7-11;1-10(2)12-9-8-11-6-4-3-5-7-11;2*1-9(2)11-8-10-6-4-3-5-7-10/h8-11,14-15H,3-7,12-13H2,1-2H3;7-9,12-14H,10-11H2,1-6H3;4-6,9H,7-8H2,1-3H3;10-11H,3-9H2,1-2H3;3-7,10H,8-9H2,1-2H3;3-7,10H,8-9H2,1-2H3;9-10H,3-8H2,1-2H3;3-7,9H,8H2,1-2H3. The Kier molecular flexibility index (Phi) is 60.3. The van der Waals surface area contributed by atoms with Crippen LogP contribution in [0.3, 0.4) is 0 Å². The van der Waals surface area contributed by atoms with Gasteiger partial charge in [0, 0.05) is 6.61 Å². The average molecular weight is 1650 g/mol. The molecule has 0 unspecified atom stereocenters. The molecule has 118 heavy (non-hydrogen) atoms. The molecule has 0 aromatic heterocycles. The quantitative estimate of drug-likeness (QED) is 0.0268. The third kappa shape index (κ3) is 55.4. The van der Waals surface area contributed by atoms with Crippen molar-refractivity contribution >= 4 is 5.97 Å². The number of para-hydroxylation sites is 3. The van der Waals surface area contributed by atoms with Crippen molar-refractivity contribution < 1.29 is 79.5 Å². The molecule has 0 amide bonds. The molecule has 17 heteroatoms. The molecule has 3 aliphatic rings. The maximum atomic E-state index is 12.8. The summed E-state index contributed by atoms with van der Waals surface area (Å²) in [6.45, 7) is 50.3. The summed E-state index contributed by atoms with van der Waals surface area (Å²) in [5.41, 5.74) is 6.36. The lowest BCUT2D eigenvalue weighted by atomic mass is 9.84. The predicted molar refractivity (Wildman–Crippen MR) is 480 cm³/mol. The van der Waals surface area contributed by atoms with Gasteiger partial charge < -0.3 is 61.6 Å². The highest BCUT2D eigenvalue weighted by Crippen LogP contribution is 2.39. The van der Waals surface area contributed by atoms with Crippen molar-refractivity contribution in [3.63, 3.8) is 0 Å². The molecule has 0 radical (unpaired) electrons. The Morgan fingerprint density at radius 3 is 1.15 bits per heavy atom. The summed E-state index contributed by atoms with van der Waals surface area (Å²) in [7, 11) is 0. The predicted octanol–water partition coefficient (Wildman–Crippen LogP) is 26.4. The van der Waals surface area contributed by atoms with Gasteiger partial charge in [0.1, 0.15) is 56.0 Å². The van der Waals surface area contributed by atoms with Crippen molar-refractivity contribution in [3.05, 3.63) is 191 Å². The smallest absolute Gasteiger partial charge is 0.419 e. The fourth-order valence-corrected chi connectivity index (χ4v) is 12.7. The number of ether oxygens (including phenoxy) is 13. The van der Waals surface area contributed by atoms with Crippen molar-refractivity contribution in [1.82, 2.24) is 0 Å². The van der Waals surface area contributed by atoms with Crippen LogP contribution in [0.2, 0.25) is 0 Å². The van der Waals surface area contributed by atoms with E-state index in [9.17, 15) is 18.0 Å². The molecule has 668 valence electrons. The molecule has 0 heterocycles. The fourth-order valence-electron chi connectivity index (χ4n) is 12.7. The van der Waals surface area contributed by atoms with Gasteiger partial charge in [0.05, 0.1) is 107 Å². The molecule has 3 aliphatic carbocycles. The van der Waals surface area contributed by atoms with E-state index < -0.39 is 11.7 Å². The van der Waals surface area contributed by atoms with Crippen LogP contribution in [0.25, 0.3) is 0 Å². The maximum absolute atomic E-state index is 12.8. The number of benzene rings is 6. The van der Waals surface area contributed by atoms with Crippen molar-refractivity contribution in [3.8, 4) is 23.0 Å². The monoisotopic (exact) mass is 1650 g/mol. The van der Waals surface area contributed by atoms with E-state index >= 15 is 0 Å². The second kappa shape index (κ2) is 66.1. The first-order chi connectivity index (χ1) is 56.4. The summed E-state index contributed by atoms with van der Waals surface area (Å²) >= 11 is 0. The molecule has 6 aromatic carbocycles. The molecule has 3 saturated carbocycles. The lowest BCUT2D eigenvalue weighted by Gasteiger charge is -2.22. The van der Waals surface area contributed by atoms with E-state index in [1.165, 1.54) is 117 Å². The molecular formula is C101H159F3O14. The van der Waals surface area contributed by atoms with Gasteiger partial charge >= 0.3 is 12.1 Å². The van der Waals surface area contributed by atoms with Gasteiger partial charge in [-0.1, -0.05) is 207 Å². The zero-order chi connectivity index (χ0) is 87.3. The summed E-state index contributed by atoms with van der Waals surface area (Å²) in [6, 6.07) is 49.5. The highest BCUT2D eigenvalue weighted by atomic mass is 19.4. The Morgan fingerprint density at radius 1 is 0.347 bits per heavy atom. The number of rotatable bonds is 38. The van der Waals surface area contributed by atoms with Crippen molar-refractivity contribution in [1.29, 1.82) is 0 Å². The summed E-state index contributed by atoms with van der Waals surface area (Å²) < 4.78 is 109. The fraction of sp³-hybridized carbons (Fsp3) is 0.634. The van der Waals surface area contributed by atoms with Crippen LogP contribution in [0.1, 0.15) is 291 Å². The number of carbonyl (C=O) groups is 1. The number of halogens is 3.